The number of carbonyl (C=O) groups excluding carboxylic acids is 1. The number of allylic oxidation sites excluding steroid dienone is 1. The second kappa shape index (κ2) is 7.70. The van der Waals surface area contributed by atoms with E-state index >= 15 is 0 Å². The van der Waals surface area contributed by atoms with Crippen molar-refractivity contribution in [3.05, 3.63) is 59.4 Å². The molecule has 0 spiro atoms. The van der Waals surface area contributed by atoms with Crippen LogP contribution in [0.4, 0.5) is 0 Å². The number of halogens is 1. The molecule has 1 amide bonds. The molecule has 3 rings (SSSR count). The minimum Gasteiger partial charge on any atom is -0.487 e. The van der Waals surface area contributed by atoms with Gasteiger partial charge in [-0.05, 0) is 41.8 Å². The molecule has 0 bridgehead atoms. The molecule has 1 aromatic carbocycles. The maximum Gasteiger partial charge on any atom is 0.243 e. The molecule has 1 aliphatic rings. The van der Waals surface area contributed by atoms with Crippen molar-refractivity contribution in [3.63, 3.8) is 0 Å². The van der Waals surface area contributed by atoms with E-state index in [1.54, 1.807) is 18.5 Å². The van der Waals surface area contributed by atoms with Crippen molar-refractivity contribution in [2.24, 2.45) is 5.92 Å². The number of fused-ring (bicyclic) bond motifs is 1. The topological polar surface area (TPSA) is 51.2 Å². The van der Waals surface area contributed by atoms with Gasteiger partial charge in [0.05, 0.1) is 6.54 Å². The number of carbonyl (C=O) groups is 1. The quantitative estimate of drug-likeness (QED) is 0.823. The average molecular weight is 357 g/mol. The molecule has 0 aliphatic carbocycles. The molecule has 1 atom stereocenters. The first-order chi connectivity index (χ1) is 12.0. The van der Waals surface area contributed by atoms with Crippen LogP contribution in [0.3, 0.4) is 0 Å². The van der Waals surface area contributed by atoms with Gasteiger partial charge < -0.3 is 10.1 Å². The fourth-order valence-electron chi connectivity index (χ4n) is 2.81. The van der Waals surface area contributed by atoms with Gasteiger partial charge in [-0.25, -0.2) is 0 Å². The lowest BCUT2D eigenvalue weighted by molar-refractivity contribution is -0.116. The van der Waals surface area contributed by atoms with Gasteiger partial charge in [0.15, 0.2) is 0 Å². The number of hydrogen-bond acceptors (Lipinski definition) is 3. The summed E-state index contributed by atoms with van der Waals surface area (Å²) < 4.78 is 6.11. The summed E-state index contributed by atoms with van der Waals surface area (Å²) in [5.41, 5.74) is 3.04. The van der Waals surface area contributed by atoms with E-state index in [1.807, 2.05) is 44.2 Å². The fraction of sp³-hybridized carbons (Fsp3) is 0.300. The van der Waals surface area contributed by atoms with Crippen molar-refractivity contribution in [3.8, 4) is 16.9 Å². The predicted molar refractivity (Wildman–Crippen MR) is 99.8 cm³/mol. The van der Waals surface area contributed by atoms with Crippen LogP contribution in [0.25, 0.3) is 11.1 Å². The van der Waals surface area contributed by atoms with Crippen molar-refractivity contribution >= 4 is 17.5 Å². The van der Waals surface area contributed by atoms with Gasteiger partial charge >= 0.3 is 0 Å². The molecule has 0 radical (unpaired) electrons. The lowest BCUT2D eigenvalue weighted by Crippen LogP contribution is -2.33. The Labute approximate surface area is 152 Å². The lowest BCUT2D eigenvalue weighted by atomic mass is 10.0. The SMILES string of the molecule is CC(C)C=CC(=O)NCC1Cc2cc(Cl)cc(-c3ccncc3)c2O1. The summed E-state index contributed by atoms with van der Waals surface area (Å²) in [5, 5.41) is 3.57. The minimum absolute atomic E-state index is 0.0922. The molecule has 1 aliphatic heterocycles. The summed E-state index contributed by atoms with van der Waals surface area (Å²) in [6.45, 7) is 4.53. The Kier molecular flexibility index (Phi) is 5.39. The van der Waals surface area contributed by atoms with Crippen LogP contribution in [-0.4, -0.2) is 23.5 Å². The maximum absolute atomic E-state index is 11.8. The first-order valence-electron chi connectivity index (χ1n) is 8.38. The minimum atomic E-state index is -0.0966. The van der Waals surface area contributed by atoms with E-state index in [4.69, 9.17) is 16.3 Å². The standard InChI is InChI=1S/C20H21ClN2O2/c1-13(2)3-4-19(24)23-12-17-10-15-9-16(21)11-18(20(15)25-17)14-5-7-22-8-6-14/h3-9,11,13,17H,10,12H2,1-2H3,(H,23,24). The number of benzene rings is 1. The van der Waals surface area contributed by atoms with Crippen LogP contribution in [0.1, 0.15) is 19.4 Å². The van der Waals surface area contributed by atoms with Gasteiger partial charge in [0.25, 0.3) is 0 Å². The van der Waals surface area contributed by atoms with Crippen molar-refractivity contribution in [1.82, 2.24) is 10.3 Å². The van der Waals surface area contributed by atoms with Gasteiger partial charge in [-0.3, -0.25) is 9.78 Å². The molecule has 2 heterocycles. The first-order valence-corrected chi connectivity index (χ1v) is 8.76. The summed E-state index contributed by atoms with van der Waals surface area (Å²) in [4.78, 5) is 15.9. The van der Waals surface area contributed by atoms with Crippen molar-refractivity contribution in [2.45, 2.75) is 26.4 Å². The molecule has 1 N–H and O–H groups in total. The van der Waals surface area contributed by atoms with E-state index in [2.05, 4.69) is 10.3 Å². The molecular weight excluding hydrogens is 336 g/mol. The number of pyridine rings is 1. The highest BCUT2D eigenvalue weighted by atomic mass is 35.5. The monoisotopic (exact) mass is 356 g/mol. The summed E-state index contributed by atoms with van der Waals surface area (Å²) >= 11 is 6.27. The van der Waals surface area contributed by atoms with Gasteiger partial charge in [-0.15, -0.1) is 0 Å². The highest BCUT2D eigenvalue weighted by Gasteiger charge is 2.26. The van der Waals surface area contributed by atoms with E-state index in [0.717, 1.165) is 28.9 Å². The number of aromatic nitrogens is 1. The second-order valence-corrected chi connectivity index (χ2v) is 6.91. The van der Waals surface area contributed by atoms with Crippen LogP contribution in [-0.2, 0) is 11.2 Å². The summed E-state index contributed by atoms with van der Waals surface area (Å²) in [6, 6.07) is 7.70. The van der Waals surface area contributed by atoms with Gasteiger partial charge in [-0.2, -0.15) is 0 Å². The van der Waals surface area contributed by atoms with Gasteiger partial charge in [-0.1, -0.05) is 31.5 Å². The van der Waals surface area contributed by atoms with Crippen LogP contribution in [0.15, 0.2) is 48.8 Å². The van der Waals surface area contributed by atoms with E-state index < -0.39 is 0 Å². The summed E-state index contributed by atoms with van der Waals surface area (Å²) in [6.07, 6.45) is 7.58. The number of ether oxygens (including phenoxy) is 1. The molecule has 4 nitrogen and oxygen atoms in total. The predicted octanol–water partition coefficient (Wildman–Crippen LogP) is 4.03. The van der Waals surface area contributed by atoms with E-state index in [-0.39, 0.29) is 12.0 Å². The highest BCUT2D eigenvalue weighted by molar-refractivity contribution is 6.31. The Morgan fingerprint density at radius 3 is 2.88 bits per heavy atom. The molecule has 25 heavy (non-hydrogen) atoms. The maximum atomic E-state index is 11.8. The van der Waals surface area contributed by atoms with E-state index in [9.17, 15) is 4.79 Å². The molecule has 1 unspecified atom stereocenters. The summed E-state index contributed by atoms with van der Waals surface area (Å²) in [7, 11) is 0. The lowest BCUT2D eigenvalue weighted by Gasteiger charge is -2.13. The van der Waals surface area contributed by atoms with Crippen molar-refractivity contribution in [2.75, 3.05) is 6.54 Å². The van der Waals surface area contributed by atoms with Crippen molar-refractivity contribution < 1.29 is 9.53 Å². The Hall–Kier alpha value is -2.33. The normalized spacial score (nSPS) is 16.1. The molecule has 5 heteroatoms. The highest BCUT2D eigenvalue weighted by Crippen LogP contribution is 2.40. The number of amides is 1. The first kappa shape index (κ1) is 17.5. The number of nitrogens with zero attached hydrogens (tertiary/aromatic N) is 1. The molecular formula is C20H21ClN2O2. The largest absolute Gasteiger partial charge is 0.487 e. The smallest absolute Gasteiger partial charge is 0.243 e. The van der Waals surface area contributed by atoms with Crippen molar-refractivity contribution in [1.29, 1.82) is 0 Å². The molecule has 0 fully saturated rings. The Bertz CT molecular complexity index is 788. The zero-order valence-electron chi connectivity index (χ0n) is 14.3. The Morgan fingerprint density at radius 2 is 2.16 bits per heavy atom. The molecule has 0 saturated heterocycles. The third kappa shape index (κ3) is 4.40. The van der Waals surface area contributed by atoms with Crippen LogP contribution >= 0.6 is 11.6 Å². The van der Waals surface area contributed by atoms with E-state index in [0.29, 0.717) is 17.5 Å². The van der Waals surface area contributed by atoms with Gasteiger partial charge in [0.2, 0.25) is 5.91 Å². The van der Waals surface area contributed by atoms with Crippen LogP contribution < -0.4 is 10.1 Å². The van der Waals surface area contributed by atoms with Gasteiger partial charge in [0.1, 0.15) is 11.9 Å². The average Bonchev–Trinajstić information content (AvgIpc) is 3.00. The molecule has 130 valence electrons. The second-order valence-electron chi connectivity index (χ2n) is 6.47. The summed E-state index contributed by atoms with van der Waals surface area (Å²) in [5.74, 6) is 1.09. The molecule has 1 aromatic heterocycles. The van der Waals surface area contributed by atoms with Crippen LogP contribution in [0.5, 0.6) is 5.75 Å². The number of rotatable bonds is 5. The van der Waals surface area contributed by atoms with Gasteiger partial charge in [0, 0.05) is 35.0 Å². The number of hydrogen-bond donors (Lipinski definition) is 1. The Morgan fingerprint density at radius 1 is 1.40 bits per heavy atom. The fourth-order valence-corrected chi connectivity index (χ4v) is 3.05. The van der Waals surface area contributed by atoms with Crippen LogP contribution in [0.2, 0.25) is 5.02 Å². The molecule has 2 aromatic rings. The van der Waals surface area contributed by atoms with E-state index in [1.165, 1.54) is 0 Å². The zero-order valence-corrected chi connectivity index (χ0v) is 15.1. The zero-order chi connectivity index (χ0) is 17.8. The third-order valence-corrected chi connectivity index (χ3v) is 4.21. The Balaban J connectivity index is 1.72. The van der Waals surface area contributed by atoms with Crippen LogP contribution in [0, 0.1) is 5.92 Å². The number of nitrogens with one attached hydrogen (secondary N) is 1. The molecule has 0 saturated carbocycles. The third-order valence-electron chi connectivity index (χ3n) is 3.99.